The molecule has 1 aromatic heterocycles. The number of benzene rings is 2. The molecule has 1 amide bonds. The lowest BCUT2D eigenvalue weighted by molar-refractivity contribution is -0.132. The average molecular weight is 347 g/mol. The summed E-state index contributed by atoms with van der Waals surface area (Å²) >= 11 is 0. The highest BCUT2D eigenvalue weighted by Gasteiger charge is 2.15. The van der Waals surface area contributed by atoms with Crippen molar-refractivity contribution in [2.45, 2.75) is 19.5 Å². The van der Waals surface area contributed by atoms with Gasteiger partial charge in [0.1, 0.15) is 6.54 Å². The van der Waals surface area contributed by atoms with Gasteiger partial charge in [0.2, 0.25) is 5.91 Å². The molecule has 0 saturated carbocycles. The van der Waals surface area contributed by atoms with Crippen molar-refractivity contribution in [3.63, 3.8) is 0 Å². The van der Waals surface area contributed by atoms with Gasteiger partial charge in [0.05, 0.1) is 0 Å². The maximum atomic E-state index is 12.8. The maximum Gasteiger partial charge on any atom is 0.347 e. The first-order chi connectivity index (χ1) is 12.7. The zero-order valence-corrected chi connectivity index (χ0v) is 14.5. The molecule has 26 heavy (non-hydrogen) atoms. The summed E-state index contributed by atoms with van der Waals surface area (Å²) < 4.78 is 1.34. The number of hydrogen-bond donors (Lipinski definition) is 0. The monoisotopic (exact) mass is 347 g/mol. The molecule has 3 rings (SSSR count). The lowest BCUT2D eigenvalue weighted by atomic mass is 10.1. The molecule has 0 fully saturated rings. The zero-order chi connectivity index (χ0) is 18.2. The van der Waals surface area contributed by atoms with Gasteiger partial charge in [-0.15, -0.1) is 0 Å². The third kappa shape index (κ3) is 4.89. The van der Waals surface area contributed by atoms with Gasteiger partial charge in [-0.3, -0.25) is 9.36 Å². The highest BCUT2D eigenvalue weighted by molar-refractivity contribution is 5.76. The van der Waals surface area contributed by atoms with E-state index in [0.717, 1.165) is 12.0 Å². The molecule has 0 radical (unpaired) electrons. The molecule has 2 aromatic carbocycles. The Hall–Kier alpha value is -3.21. The molecule has 0 aliphatic heterocycles. The Labute approximate surface area is 152 Å². The Bertz CT molecular complexity index is 892. The van der Waals surface area contributed by atoms with E-state index in [1.807, 2.05) is 48.5 Å². The van der Waals surface area contributed by atoms with Gasteiger partial charge in [-0.1, -0.05) is 60.7 Å². The number of rotatable bonds is 7. The van der Waals surface area contributed by atoms with Crippen molar-refractivity contribution in [2.75, 3.05) is 6.54 Å². The number of carbonyl (C=O) groups excluding carboxylic acids is 1. The third-order valence-electron chi connectivity index (χ3n) is 4.17. The van der Waals surface area contributed by atoms with Crippen molar-refractivity contribution in [1.29, 1.82) is 0 Å². The van der Waals surface area contributed by atoms with Gasteiger partial charge >= 0.3 is 5.69 Å². The van der Waals surface area contributed by atoms with E-state index in [4.69, 9.17) is 0 Å². The Balaban J connectivity index is 1.74. The molecule has 0 saturated heterocycles. The fourth-order valence-corrected chi connectivity index (χ4v) is 2.76. The molecule has 0 aliphatic rings. The van der Waals surface area contributed by atoms with Crippen molar-refractivity contribution in [1.82, 2.24) is 14.5 Å². The van der Waals surface area contributed by atoms with Crippen LogP contribution < -0.4 is 5.69 Å². The van der Waals surface area contributed by atoms with Gasteiger partial charge in [-0.05, 0) is 23.6 Å². The summed E-state index contributed by atoms with van der Waals surface area (Å²) in [5, 5.41) is 0. The fraction of sp³-hybridized carbons (Fsp3) is 0.190. The number of hydrogen-bond acceptors (Lipinski definition) is 3. The van der Waals surface area contributed by atoms with Gasteiger partial charge < -0.3 is 4.90 Å². The van der Waals surface area contributed by atoms with Gasteiger partial charge in [-0.25, -0.2) is 9.78 Å². The third-order valence-corrected chi connectivity index (χ3v) is 4.17. The number of nitrogens with zero attached hydrogens (tertiary/aromatic N) is 3. The summed E-state index contributed by atoms with van der Waals surface area (Å²) in [5.74, 6) is -0.0973. The second kappa shape index (κ2) is 8.76. The standard InChI is InChI=1S/C21H21N3O2/c25-20(17-24-14-7-13-22-21(24)26)23(16-19-10-5-2-6-11-19)15-12-18-8-3-1-4-9-18/h1-11,13-14H,12,15-17H2. The summed E-state index contributed by atoms with van der Waals surface area (Å²) in [6, 6.07) is 21.6. The van der Waals surface area contributed by atoms with E-state index in [2.05, 4.69) is 17.1 Å². The Morgan fingerprint density at radius 3 is 2.23 bits per heavy atom. The molecule has 0 bridgehead atoms. The van der Waals surface area contributed by atoms with E-state index in [1.165, 1.54) is 16.3 Å². The zero-order valence-electron chi connectivity index (χ0n) is 14.5. The van der Waals surface area contributed by atoms with Crippen LogP contribution >= 0.6 is 0 Å². The molecule has 0 unspecified atom stereocenters. The van der Waals surface area contributed by atoms with Crippen LogP contribution in [-0.2, 0) is 24.3 Å². The van der Waals surface area contributed by atoms with E-state index in [1.54, 1.807) is 17.2 Å². The van der Waals surface area contributed by atoms with Crippen LogP contribution in [0.3, 0.4) is 0 Å². The van der Waals surface area contributed by atoms with Crippen LogP contribution in [0.2, 0.25) is 0 Å². The van der Waals surface area contributed by atoms with Crippen molar-refractivity contribution < 1.29 is 4.79 Å². The van der Waals surface area contributed by atoms with Gasteiger partial charge in [0, 0.05) is 25.5 Å². The smallest absolute Gasteiger partial charge is 0.336 e. The first-order valence-corrected chi connectivity index (χ1v) is 8.59. The number of carbonyl (C=O) groups is 1. The van der Waals surface area contributed by atoms with Crippen molar-refractivity contribution in [3.8, 4) is 0 Å². The van der Waals surface area contributed by atoms with Crippen molar-refractivity contribution in [2.24, 2.45) is 0 Å². The Morgan fingerprint density at radius 1 is 0.923 bits per heavy atom. The van der Waals surface area contributed by atoms with Crippen LogP contribution in [0, 0.1) is 0 Å². The van der Waals surface area contributed by atoms with Crippen molar-refractivity contribution in [3.05, 3.63) is 101 Å². The van der Waals surface area contributed by atoms with E-state index >= 15 is 0 Å². The molecule has 3 aromatic rings. The predicted molar refractivity (Wildman–Crippen MR) is 101 cm³/mol. The topological polar surface area (TPSA) is 55.2 Å². The van der Waals surface area contributed by atoms with Crippen LogP contribution in [0.25, 0.3) is 0 Å². The van der Waals surface area contributed by atoms with Gasteiger partial charge in [0.25, 0.3) is 0 Å². The van der Waals surface area contributed by atoms with Crippen LogP contribution in [0.1, 0.15) is 11.1 Å². The summed E-state index contributed by atoms with van der Waals surface area (Å²) in [5.41, 5.74) is 1.83. The Kier molecular flexibility index (Phi) is 5.93. The SMILES string of the molecule is O=C(Cn1cccnc1=O)N(CCc1ccccc1)Cc1ccccc1. The lowest BCUT2D eigenvalue weighted by Gasteiger charge is -2.23. The van der Waals surface area contributed by atoms with Crippen LogP contribution in [0.5, 0.6) is 0 Å². The van der Waals surface area contributed by atoms with Crippen LogP contribution in [0.15, 0.2) is 83.9 Å². The second-order valence-corrected chi connectivity index (χ2v) is 6.07. The van der Waals surface area contributed by atoms with Crippen molar-refractivity contribution >= 4 is 5.91 Å². The quantitative estimate of drug-likeness (QED) is 0.660. The first-order valence-electron chi connectivity index (χ1n) is 8.59. The Morgan fingerprint density at radius 2 is 1.58 bits per heavy atom. The minimum Gasteiger partial charge on any atom is -0.336 e. The van der Waals surface area contributed by atoms with E-state index in [-0.39, 0.29) is 12.5 Å². The average Bonchev–Trinajstić information content (AvgIpc) is 2.68. The summed E-state index contributed by atoms with van der Waals surface area (Å²) in [7, 11) is 0. The highest BCUT2D eigenvalue weighted by Crippen LogP contribution is 2.08. The molecular weight excluding hydrogens is 326 g/mol. The molecule has 5 heteroatoms. The molecule has 0 spiro atoms. The summed E-state index contributed by atoms with van der Waals surface area (Å²) in [4.78, 5) is 30.1. The molecule has 1 heterocycles. The molecule has 132 valence electrons. The summed E-state index contributed by atoms with van der Waals surface area (Å²) in [6.45, 7) is 1.10. The largest absolute Gasteiger partial charge is 0.347 e. The van der Waals surface area contributed by atoms with Crippen LogP contribution in [-0.4, -0.2) is 26.9 Å². The van der Waals surface area contributed by atoms with Crippen LogP contribution in [0.4, 0.5) is 0 Å². The van der Waals surface area contributed by atoms with E-state index in [0.29, 0.717) is 13.1 Å². The maximum absolute atomic E-state index is 12.8. The van der Waals surface area contributed by atoms with E-state index in [9.17, 15) is 9.59 Å². The second-order valence-electron chi connectivity index (χ2n) is 6.07. The molecular formula is C21H21N3O2. The molecule has 0 atom stereocenters. The molecule has 5 nitrogen and oxygen atoms in total. The fourth-order valence-electron chi connectivity index (χ4n) is 2.76. The minimum atomic E-state index is -0.413. The minimum absolute atomic E-state index is 0.00566. The normalized spacial score (nSPS) is 10.5. The van der Waals surface area contributed by atoms with Gasteiger partial charge in [0.15, 0.2) is 0 Å². The first kappa shape index (κ1) is 17.6. The lowest BCUT2D eigenvalue weighted by Crippen LogP contribution is -2.37. The van der Waals surface area contributed by atoms with E-state index < -0.39 is 5.69 Å². The summed E-state index contributed by atoms with van der Waals surface area (Å²) in [6.07, 6.45) is 3.78. The van der Waals surface area contributed by atoms with Gasteiger partial charge in [-0.2, -0.15) is 0 Å². The molecule has 0 aliphatic carbocycles. The number of aromatic nitrogens is 2. The molecule has 0 N–H and O–H groups in total. The highest BCUT2D eigenvalue weighted by atomic mass is 16.2. The predicted octanol–water partition coefficient (Wildman–Crippen LogP) is 2.51. The number of amides is 1.